The van der Waals surface area contributed by atoms with Crippen molar-refractivity contribution in [3.05, 3.63) is 65.3 Å². The Hall–Kier alpha value is -2.99. The molecular weight excluding hydrogens is 502 g/mol. The summed E-state index contributed by atoms with van der Waals surface area (Å²) in [5.74, 6) is -3.76. The Kier molecular flexibility index (Phi) is 7.61. The Bertz CT molecular complexity index is 1250. The summed E-state index contributed by atoms with van der Waals surface area (Å²) < 4.78 is 84.9. The van der Waals surface area contributed by atoms with Crippen molar-refractivity contribution in [2.75, 3.05) is 0 Å². The standard InChI is InChI=1S/C21H18ClF4N3O4S/c22-14-3-5-15(6-4-14)34(31,32)18(16(19(27)30)7-8-21(24,25)26)10-12-1-2-13(9-17(12)23)20-28-11-33-29-20/h1-6,9,11,16,18H,7-8,10H2,(H2,27,30). The zero-order valence-corrected chi connectivity index (χ0v) is 18.9. The van der Waals surface area contributed by atoms with Gasteiger partial charge in [-0.2, -0.15) is 18.2 Å². The van der Waals surface area contributed by atoms with Crippen LogP contribution >= 0.6 is 11.6 Å². The number of benzene rings is 2. The van der Waals surface area contributed by atoms with Crippen LogP contribution < -0.4 is 5.73 Å². The Morgan fingerprint density at radius 1 is 1.15 bits per heavy atom. The van der Waals surface area contributed by atoms with Crippen LogP contribution in [0, 0.1) is 11.7 Å². The SMILES string of the molecule is NC(=O)C(CCC(F)(F)F)C(Cc1ccc(-c2ncon2)cc1F)S(=O)(=O)c1ccc(Cl)cc1. The van der Waals surface area contributed by atoms with Gasteiger partial charge in [0, 0.05) is 17.0 Å². The van der Waals surface area contributed by atoms with Gasteiger partial charge in [-0.3, -0.25) is 4.79 Å². The summed E-state index contributed by atoms with van der Waals surface area (Å²) in [5.41, 5.74) is 5.42. The van der Waals surface area contributed by atoms with E-state index in [2.05, 4.69) is 14.7 Å². The lowest BCUT2D eigenvalue weighted by Crippen LogP contribution is -2.41. The summed E-state index contributed by atoms with van der Waals surface area (Å²) in [5, 5.41) is 2.04. The molecule has 2 unspecified atom stereocenters. The molecule has 1 amide bonds. The van der Waals surface area contributed by atoms with Crippen molar-refractivity contribution < 1.29 is 35.3 Å². The summed E-state index contributed by atoms with van der Waals surface area (Å²) in [7, 11) is -4.43. The minimum Gasteiger partial charge on any atom is -0.369 e. The molecule has 3 rings (SSSR count). The minimum absolute atomic E-state index is 0.0796. The number of sulfone groups is 1. The average Bonchev–Trinajstić information content (AvgIpc) is 3.28. The maximum atomic E-state index is 14.9. The second-order valence-electron chi connectivity index (χ2n) is 7.47. The molecule has 0 saturated heterocycles. The van der Waals surface area contributed by atoms with Crippen LogP contribution in [0.3, 0.4) is 0 Å². The van der Waals surface area contributed by atoms with Crippen molar-refractivity contribution >= 4 is 27.3 Å². The zero-order chi connectivity index (χ0) is 25.1. The predicted molar refractivity (Wildman–Crippen MR) is 114 cm³/mol. The number of amides is 1. The highest BCUT2D eigenvalue weighted by molar-refractivity contribution is 7.92. The van der Waals surface area contributed by atoms with Crippen LogP contribution in [-0.4, -0.2) is 35.9 Å². The first-order valence-corrected chi connectivity index (χ1v) is 11.7. The lowest BCUT2D eigenvalue weighted by Gasteiger charge is -2.26. The number of carbonyl (C=O) groups is 1. The second kappa shape index (κ2) is 10.1. The zero-order valence-electron chi connectivity index (χ0n) is 17.3. The van der Waals surface area contributed by atoms with Gasteiger partial charge in [0.1, 0.15) is 5.82 Å². The first kappa shape index (κ1) is 25.6. The monoisotopic (exact) mass is 519 g/mol. The van der Waals surface area contributed by atoms with E-state index in [-0.39, 0.29) is 26.9 Å². The Morgan fingerprint density at radius 3 is 2.35 bits per heavy atom. The number of aromatic nitrogens is 2. The number of rotatable bonds is 9. The van der Waals surface area contributed by atoms with E-state index in [1.54, 1.807) is 0 Å². The molecule has 3 aromatic rings. The van der Waals surface area contributed by atoms with E-state index < -0.39 is 58.2 Å². The van der Waals surface area contributed by atoms with Gasteiger partial charge in [-0.15, -0.1) is 0 Å². The van der Waals surface area contributed by atoms with Gasteiger partial charge in [-0.05, 0) is 48.7 Å². The first-order chi connectivity index (χ1) is 15.9. The molecule has 0 aliphatic rings. The van der Waals surface area contributed by atoms with Crippen LogP contribution in [0.15, 0.2) is 58.3 Å². The maximum Gasteiger partial charge on any atom is 0.389 e. The number of nitrogens with zero attached hydrogens (tertiary/aromatic N) is 2. The number of primary amides is 1. The third-order valence-electron chi connectivity index (χ3n) is 5.19. The van der Waals surface area contributed by atoms with Gasteiger partial charge in [0.25, 0.3) is 0 Å². The normalized spacial score (nSPS) is 14.0. The van der Waals surface area contributed by atoms with Crippen molar-refractivity contribution in [1.82, 2.24) is 10.1 Å². The van der Waals surface area contributed by atoms with E-state index in [0.29, 0.717) is 0 Å². The van der Waals surface area contributed by atoms with E-state index in [1.165, 1.54) is 24.3 Å². The van der Waals surface area contributed by atoms with Crippen LogP contribution in [0.1, 0.15) is 18.4 Å². The smallest absolute Gasteiger partial charge is 0.369 e. The Morgan fingerprint density at radius 2 is 1.82 bits per heavy atom. The third-order valence-corrected chi connectivity index (χ3v) is 7.66. The fourth-order valence-corrected chi connectivity index (χ4v) is 5.56. The summed E-state index contributed by atoms with van der Waals surface area (Å²) in [6.45, 7) is 0. The van der Waals surface area contributed by atoms with Gasteiger partial charge in [-0.25, -0.2) is 12.8 Å². The molecule has 182 valence electrons. The average molecular weight is 520 g/mol. The van der Waals surface area contributed by atoms with Gasteiger partial charge < -0.3 is 10.3 Å². The molecule has 1 heterocycles. The van der Waals surface area contributed by atoms with Gasteiger partial charge in [0.05, 0.1) is 16.1 Å². The van der Waals surface area contributed by atoms with E-state index >= 15 is 0 Å². The highest BCUT2D eigenvalue weighted by Crippen LogP contribution is 2.33. The highest BCUT2D eigenvalue weighted by atomic mass is 35.5. The fourth-order valence-electron chi connectivity index (χ4n) is 3.46. The molecule has 0 fully saturated rings. The number of hydrogen-bond acceptors (Lipinski definition) is 6. The van der Waals surface area contributed by atoms with Gasteiger partial charge in [0.15, 0.2) is 9.84 Å². The molecular formula is C21H18ClF4N3O4S. The third kappa shape index (κ3) is 6.11. The van der Waals surface area contributed by atoms with Gasteiger partial charge in [0.2, 0.25) is 18.1 Å². The minimum atomic E-state index is -4.65. The lowest BCUT2D eigenvalue weighted by molar-refractivity contribution is -0.140. The lowest BCUT2D eigenvalue weighted by atomic mass is 9.93. The Balaban J connectivity index is 2.03. The van der Waals surface area contributed by atoms with Crippen molar-refractivity contribution in [1.29, 1.82) is 0 Å². The molecule has 0 aliphatic heterocycles. The molecule has 13 heteroatoms. The molecule has 2 atom stereocenters. The predicted octanol–water partition coefficient (Wildman–Crippen LogP) is 4.36. The largest absolute Gasteiger partial charge is 0.389 e. The topological polar surface area (TPSA) is 116 Å². The number of halogens is 5. The summed E-state index contributed by atoms with van der Waals surface area (Å²) >= 11 is 5.80. The number of nitrogens with two attached hydrogens (primary N) is 1. The number of alkyl halides is 3. The summed E-state index contributed by atoms with van der Waals surface area (Å²) in [4.78, 5) is 15.6. The fraction of sp³-hybridized carbons (Fsp3) is 0.286. The molecule has 0 saturated carbocycles. The molecule has 7 nitrogen and oxygen atoms in total. The van der Waals surface area contributed by atoms with Crippen molar-refractivity contribution in [2.24, 2.45) is 11.7 Å². The van der Waals surface area contributed by atoms with Crippen LogP contribution in [0.4, 0.5) is 17.6 Å². The van der Waals surface area contributed by atoms with E-state index in [4.69, 9.17) is 17.3 Å². The molecule has 34 heavy (non-hydrogen) atoms. The van der Waals surface area contributed by atoms with Gasteiger partial charge in [-0.1, -0.05) is 28.9 Å². The second-order valence-corrected chi connectivity index (χ2v) is 10.1. The number of hydrogen-bond donors (Lipinski definition) is 1. The molecule has 0 spiro atoms. The summed E-state index contributed by atoms with van der Waals surface area (Å²) in [6, 6.07) is 8.53. The molecule has 2 N–H and O–H groups in total. The van der Waals surface area contributed by atoms with Gasteiger partial charge >= 0.3 is 6.18 Å². The van der Waals surface area contributed by atoms with E-state index in [1.807, 2.05) is 0 Å². The number of carbonyl (C=O) groups excluding carboxylic acids is 1. The highest BCUT2D eigenvalue weighted by Gasteiger charge is 2.41. The van der Waals surface area contributed by atoms with Crippen LogP contribution in [0.25, 0.3) is 11.4 Å². The van der Waals surface area contributed by atoms with Crippen molar-refractivity contribution in [2.45, 2.75) is 35.6 Å². The van der Waals surface area contributed by atoms with Crippen LogP contribution in [0.2, 0.25) is 5.02 Å². The molecule has 2 aromatic carbocycles. The van der Waals surface area contributed by atoms with Crippen molar-refractivity contribution in [3.8, 4) is 11.4 Å². The molecule has 0 bridgehead atoms. The van der Waals surface area contributed by atoms with E-state index in [0.717, 1.165) is 24.6 Å². The molecule has 0 aliphatic carbocycles. The summed E-state index contributed by atoms with van der Waals surface area (Å²) in [6.07, 6.45) is -6.53. The van der Waals surface area contributed by atoms with Crippen LogP contribution in [-0.2, 0) is 21.1 Å². The van der Waals surface area contributed by atoms with E-state index in [9.17, 15) is 30.8 Å². The Labute approximate surface area is 196 Å². The van der Waals surface area contributed by atoms with Crippen molar-refractivity contribution in [3.63, 3.8) is 0 Å². The molecule has 1 aromatic heterocycles. The maximum absolute atomic E-state index is 14.9. The quantitative estimate of drug-likeness (QED) is 0.420. The first-order valence-electron chi connectivity index (χ1n) is 9.79. The van der Waals surface area contributed by atoms with Crippen LogP contribution in [0.5, 0.6) is 0 Å². The molecule has 0 radical (unpaired) electrons.